The predicted octanol–water partition coefficient (Wildman–Crippen LogP) is 7.07. The first kappa shape index (κ1) is 18.6. The maximum atomic E-state index is 4.97. The van der Waals surface area contributed by atoms with Crippen LogP contribution in [-0.2, 0) is 0 Å². The molecule has 1 aromatic heterocycles. The molecule has 0 saturated heterocycles. The van der Waals surface area contributed by atoms with Crippen molar-refractivity contribution in [3.8, 4) is 11.1 Å². The van der Waals surface area contributed by atoms with Crippen LogP contribution in [0.1, 0.15) is 22.9 Å². The Labute approximate surface area is 187 Å². The van der Waals surface area contributed by atoms with Crippen LogP contribution in [0.2, 0.25) is 0 Å². The van der Waals surface area contributed by atoms with Crippen LogP contribution in [0.5, 0.6) is 0 Å². The first-order valence-electron chi connectivity index (χ1n) is 11.0. The first-order valence-corrected chi connectivity index (χ1v) is 11.0. The molecule has 1 atom stereocenters. The van der Waals surface area contributed by atoms with Crippen LogP contribution in [0.15, 0.2) is 109 Å². The Morgan fingerprint density at radius 3 is 2.19 bits per heavy atom. The van der Waals surface area contributed by atoms with Crippen LogP contribution < -0.4 is 5.32 Å². The van der Waals surface area contributed by atoms with Crippen molar-refractivity contribution >= 4 is 22.3 Å². The largest absolute Gasteiger partial charge is 0.340 e. The van der Waals surface area contributed by atoms with Crippen molar-refractivity contribution in [1.82, 2.24) is 9.78 Å². The van der Waals surface area contributed by atoms with Crippen LogP contribution in [0, 0.1) is 6.92 Å². The fraction of sp³-hybridized carbons (Fsp3) is 0.0690. The molecule has 1 aliphatic heterocycles. The van der Waals surface area contributed by atoms with E-state index >= 15 is 0 Å². The minimum atomic E-state index is 0.0186. The maximum absolute atomic E-state index is 4.97. The Morgan fingerprint density at radius 2 is 1.41 bits per heavy atom. The number of nitrogens with one attached hydrogen (secondary N) is 1. The molecule has 2 heterocycles. The van der Waals surface area contributed by atoms with E-state index in [2.05, 4.69) is 126 Å². The smallest absolute Gasteiger partial charge is 0.138 e. The number of aryl methyl sites for hydroxylation is 1. The van der Waals surface area contributed by atoms with Gasteiger partial charge in [-0.25, -0.2) is 4.68 Å². The lowest BCUT2D eigenvalue weighted by atomic mass is 9.98. The SMILES string of the molecule is Cc1nn2c(c1-c1ccccc1)NC(c1ccc3ccccc3c1)=C[C@@H]2c1ccccc1. The summed E-state index contributed by atoms with van der Waals surface area (Å²) in [6.45, 7) is 2.09. The van der Waals surface area contributed by atoms with Gasteiger partial charge in [0.2, 0.25) is 0 Å². The van der Waals surface area contributed by atoms with Crippen LogP contribution in [0.3, 0.4) is 0 Å². The lowest BCUT2D eigenvalue weighted by Crippen LogP contribution is -2.20. The first-order chi connectivity index (χ1) is 15.8. The Morgan fingerprint density at radius 1 is 0.719 bits per heavy atom. The van der Waals surface area contributed by atoms with E-state index in [1.54, 1.807) is 0 Å². The molecule has 0 spiro atoms. The molecule has 3 heteroatoms. The second kappa shape index (κ2) is 7.54. The number of anilines is 1. The molecule has 0 unspecified atom stereocenters. The summed E-state index contributed by atoms with van der Waals surface area (Å²) in [4.78, 5) is 0. The van der Waals surface area contributed by atoms with Gasteiger partial charge in [-0.1, -0.05) is 97.1 Å². The lowest BCUT2D eigenvalue weighted by molar-refractivity contribution is 0.608. The van der Waals surface area contributed by atoms with Gasteiger partial charge in [-0.15, -0.1) is 0 Å². The van der Waals surface area contributed by atoms with Gasteiger partial charge in [-0.05, 0) is 46.5 Å². The van der Waals surface area contributed by atoms with Crippen molar-refractivity contribution in [1.29, 1.82) is 0 Å². The van der Waals surface area contributed by atoms with Gasteiger partial charge in [0.15, 0.2) is 0 Å². The number of benzene rings is 4. The van der Waals surface area contributed by atoms with Crippen molar-refractivity contribution in [3.63, 3.8) is 0 Å². The maximum Gasteiger partial charge on any atom is 0.138 e. The van der Waals surface area contributed by atoms with Crippen LogP contribution in [-0.4, -0.2) is 9.78 Å². The van der Waals surface area contributed by atoms with Gasteiger partial charge in [0.05, 0.1) is 11.7 Å². The quantitative estimate of drug-likeness (QED) is 0.343. The molecule has 0 saturated carbocycles. The molecule has 4 aromatic carbocycles. The monoisotopic (exact) mass is 413 g/mol. The van der Waals surface area contributed by atoms with E-state index < -0.39 is 0 Å². The highest BCUT2D eigenvalue weighted by Crippen LogP contribution is 2.41. The summed E-state index contributed by atoms with van der Waals surface area (Å²) in [5, 5.41) is 11.2. The summed E-state index contributed by atoms with van der Waals surface area (Å²) in [7, 11) is 0. The van der Waals surface area contributed by atoms with Crippen molar-refractivity contribution in [2.75, 3.05) is 5.32 Å². The summed E-state index contributed by atoms with van der Waals surface area (Å²) in [5.41, 5.74) is 6.84. The second-order valence-electron chi connectivity index (χ2n) is 8.24. The number of fused-ring (bicyclic) bond motifs is 2. The zero-order chi connectivity index (χ0) is 21.5. The molecule has 154 valence electrons. The summed E-state index contributed by atoms with van der Waals surface area (Å²) >= 11 is 0. The molecule has 0 radical (unpaired) electrons. The summed E-state index contributed by atoms with van der Waals surface area (Å²) in [6.07, 6.45) is 2.29. The van der Waals surface area contributed by atoms with Gasteiger partial charge in [0.1, 0.15) is 5.82 Å². The number of nitrogens with zero attached hydrogens (tertiary/aromatic N) is 2. The molecule has 3 nitrogen and oxygen atoms in total. The molecule has 5 aromatic rings. The predicted molar refractivity (Wildman–Crippen MR) is 133 cm³/mol. The van der Waals surface area contributed by atoms with E-state index in [9.17, 15) is 0 Å². The fourth-order valence-electron chi connectivity index (χ4n) is 4.63. The van der Waals surface area contributed by atoms with Gasteiger partial charge < -0.3 is 5.32 Å². The zero-order valence-corrected chi connectivity index (χ0v) is 17.9. The number of rotatable bonds is 3. The molecule has 0 amide bonds. The van der Waals surface area contributed by atoms with Gasteiger partial charge in [-0.2, -0.15) is 5.10 Å². The highest BCUT2D eigenvalue weighted by Gasteiger charge is 2.27. The molecule has 0 bridgehead atoms. The zero-order valence-electron chi connectivity index (χ0n) is 17.9. The van der Waals surface area contributed by atoms with E-state index in [-0.39, 0.29) is 6.04 Å². The Kier molecular flexibility index (Phi) is 4.39. The van der Waals surface area contributed by atoms with Gasteiger partial charge in [0, 0.05) is 11.3 Å². The Bertz CT molecular complexity index is 1450. The molecule has 6 rings (SSSR count). The molecule has 0 fully saturated rings. The Balaban J connectivity index is 1.55. The third-order valence-corrected chi connectivity index (χ3v) is 6.19. The molecular weight excluding hydrogens is 390 g/mol. The standard InChI is InChI=1S/C29H23N3/c1-20-28(23-13-6-3-7-14-23)29-30-26(25-17-16-21-10-8-9-15-24(21)18-25)19-27(32(29)31-20)22-11-4-2-5-12-22/h2-19,27,30H,1H3/t27-/m1/s1. The summed E-state index contributed by atoms with van der Waals surface area (Å²) in [5.74, 6) is 1.04. The molecular formula is C29H23N3. The number of allylic oxidation sites excluding steroid dienone is 1. The highest BCUT2D eigenvalue weighted by molar-refractivity contribution is 5.91. The van der Waals surface area contributed by atoms with E-state index in [1.807, 2.05) is 0 Å². The van der Waals surface area contributed by atoms with E-state index in [1.165, 1.54) is 27.5 Å². The lowest BCUT2D eigenvalue weighted by Gasteiger charge is -2.26. The van der Waals surface area contributed by atoms with Gasteiger partial charge in [-0.3, -0.25) is 0 Å². The van der Waals surface area contributed by atoms with E-state index in [0.29, 0.717) is 0 Å². The molecule has 1 N–H and O–H groups in total. The van der Waals surface area contributed by atoms with Crippen LogP contribution >= 0.6 is 0 Å². The average molecular weight is 414 g/mol. The summed E-state index contributed by atoms with van der Waals surface area (Å²) in [6, 6.07) is 36.3. The molecule has 32 heavy (non-hydrogen) atoms. The topological polar surface area (TPSA) is 29.9 Å². The number of aromatic nitrogens is 2. The van der Waals surface area contributed by atoms with Crippen molar-refractivity contribution in [3.05, 3.63) is 126 Å². The minimum Gasteiger partial charge on any atom is -0.340 e. The molecule has 1 aliphatic rings. The highest BCUT2D eigenvalue weighted by atomic mass is 15.4. The third kappa shape index (κ3) is 3.10. The van der Waals surface area contributed by atoms with Crippen molar-refractivity contribution < 1.29 is 0 Å². The van der Waals surface area contributed by atoms with E-state index in [0.717, 1.165) is 22.8 Å². The normalized spacial score (nSPS) is 15.2. The van der Waals surface area contributed by atoms with Gasteiger partial charge >= 0.3 is 0 Å². The fourth-order valence-corrected chi connectivity index (χ4v) is 4.63. The third-order valence-electron chi connectivity index (χ3n) is 6.19. The second-order valence-corrected chi connectivity index (χ2v) is 8.24. The van der Waals surface area contributed by atoms with Crippen LogP contribution in [0.4, 0.5) is 5.82 Å². The summed E-state index contributed by atoms with van der Waals surface area (Å²) < 4.78 is 2.12. The molecule has 0 aliphatic carbocycles. The van der Waals surface area contributed by atoms with Crippen LogP contribution in [0.25, 0.3) is 27.6 Å². The van der Waals surface area contributed by atoms with Crippen molar-refractivity contribution in [2.45, 2.75) is 13.0 Å². The van der Waals surface area contributed by atoms with Gasteiger partial charge in [0.25, 0.3) is 0 Å². The Hall–Kier alpha value is -4.11. The van der Waals surface area contributed by atoms with E-state index in [4.69, 9.17) is 5.10 Å². The number of hydrogen-bond donors (Lipinski definition) is 1. The minimum absolute atomic E-state index is 0.0186. The number of hydrogen-bond acceptors (Lipinski definition) is 2. The average Bonchev–Trinajstić information content (AvgIpc) is 3.20. The van der Waals surface area contributed by atoms with Crippen molar-refractivity contribution in [2.24, 2.45) is 0 Å².